The van der Waals surface area contributed by atoms with E-state index in [0.717, 1.165) is 53.5 Å². The van der Waals surface area contributed by atoms with Crippen LogP contribution in [0.3, 0.4) is 0 Å². The van der Waals surface area contributed by atoms with Crippen molar-refractivity contribution in [1.29, 1.82) is 0 Å². The van der Waals surface area contributed by atoms with Crippen molar-refractivity contribution in [1.82, 2.24) is 10.6 Å². The third kappa shape index (κ3) is 16.9. The molecule has 14 nitrogen and oxygen atoms in total. The normalized spacial score (nSPS) is 12.1. The number of aliphatic carboxylic acids is 4. The van der Waals surface area contributed by atoms with E-state index in [-0.39, 0.29) is 13.1 Å². The van der Waals surface area contributed by atoms with E-state index in [2.05, 4.69) is 68.5 Å². The molecule has 0 aliphatic heterocycles. The molecular formula is C40H40Br2F6N2O12. The van der Waals surface area contributed by atoms with Gasteiger partial charge in [-0.15, -0.1) is 0 Å². The molecule has 0 saturated carbocycles. The summed E-state index contributed by atoms with van der Waals surface area (Å²) >= 11 is 7.11. The second-order valence-corrected chi connectivity index (χ2v) is 14.5. The van der Waals surface area contributed by atoms with E-state index in [0.29, 0.717) is 24.7 Å². The molecule has 0 fully saturated rings. The van der Waals surface area contributed by atoms with E-state index in [1.807, 2.05) is 60.7 Å². The molecule has 0 aromatic heterocycles. The lowest BCUT2D eigenvalue weighted by molar-refractivity contribution is -0.193. The van der Waals surface area contributed by atoms with Crippen LogP contribution in [-0.2, 0) is 45.5 Å². The average molecular weight is 1010 g/mol. The fraction of sp³-hybridized carbons (Fsp3) is 0.300. The molecule has 2 atom stereocenters. The Morgan fingerprint density at radius 3 is 1.18 bits per heavy atom. The van der Waals surface area contributed by atoms with Gasteiger partial charge in [0.1, 0.15) is 36.8 Å². The third-order valence-electron chi connectivity index (χ3n) is 8.49. The minimum absolute atomic E-state index is 0.283. The number of aliphatic hydroxyl groups is 2. The average Bonchev–Trinajstić information content (AvgIpc) is 3.18. The molecule has 22 heteroatoms. The highest BCUT2D eigenvalue weighted by Gasteiger charge is 2.39. The zero-order chi connectivity index (χ0) is 46.9. The Morgan fingerprint density at radius 1 is 0.597 bits per heavy atom. The first-order chi connectivity index (χ1) is 28.9. The number of halogens is 8. The van der Waals surface area contributed by atoms with Crippen LogP contribution in [0.25, 0.3) is 11.1 Å². The van der Waals surface area contributed by atoms with Crippen LogP contribution in [0.15, 0.2) is 81.7 Å². The van der Waals surface area contributed by atoms with E-state index < -0.39 is 61.5 Å². The van der Waals surface area contributed by atoms with Crippen LogP contribution in [0.5, 0.6) is 11.5 Å². The standard InChI is InChI=1S/C36H38Br2N2O8.2C2HF3O2/c1-21-25(19-47-33-11-9-23(13-29(33)37)15-39-31(17-41)35(43)44)5-3-7-27(21)28-8-4-6-26(22(28)2)20-48-34-12-10-24(14-30(34)38)16-40-32(18-42)36(45)46;2*3-2(4,5)1(6)7/h3-14,31-32,39-42H,15-20H2,1-2H3,(H,43,44)(H,45,46);2*(H,6,7). The number of carboxylic acids is 4. The minimum atomic E-state index is -5.08. The summed E-state index contributed by atoms with van der Waals surface area (Å²) in [5.41, 5.74) is 8.13. The molecule has 8 N–H and O–H groups in total. The molecule has 0 spiro atoms. The zero-order valence-electron chi connectivity index (χ0n) is 32.5. The Kier molecular flexibility index (Phi) is 20.8. The van der Waals surface area contributed by atoms with Crippen molar-refractivity contribution in [2.75, 3.05) is 13.2 Å². The summed E-state index contributed by atoms with van der Waals surface area (Å²) in [5.74, 6) is -6.42. The summed E-state index contributed by atoms with van der Waals surface area (Å²) in [6.07, 6.45) is -10.2. The summed E-state index contributed by atoms with van der Waals surface area (Å²) < 4.78 is 77.3. The summed E-state index contributed by atoms with van der Waals surface area (Å²) in [6.45, 7) is 4.43. The van der Waals surface area contributed by atoms with Gasteiger partial charge in [-0.3, -0.25) is 20.2 Å². The first-order valence-electron chi connectivity index (χ1n) is 17.6. The predicted octanol–water partition coefficient (Wildman–Crippen LogP) is 6.99. The maximum atomic E-state index is 11.1. The molecule has 4 aromatic carbocycles. The van der Waals surface area contributed by atoms with E-state index in [4.69, 9.17) is 39.5 Å². The molecule has 0 radical (unpaired) electrons. The van der Waals surface area contributed by atoms with Crippen LogP contribution in [-0.4, -0.2) is 92.2 Å². The molecule has 4 rings (SSSR count). The number of benzene rings is 4. The Balaban J connectivity index is 0.000000811. The largest absolute Gasteiger partial charge is 0.490 e. The Hall–Kier alpha value is -5.26. The van der Waals surface area contributed by atoms with Crippen molar-refractivity contribution in [3.63, 3.8) is 0 Å². The van der Waals surface area contributed by atoms with E-state index in [9.17, 15) is 46.1 Å². The molecule has 62 heavy (non-hydrogen) atoms. The van der Waals surface area contributed by atoms with Crippen molar-refractivity contribution >= 4 is 55.7 Å². The first kappa shape index (κ1) is 52.9. The van der Waals surface area contributed by atoms with Gasteiger partial charge < -0.3 is 40.1 Å². The van der Waals surface area contributed by atoms with Crippen molar-refractivity contribution in [3.05, 3.63) is 115 Å². The van der Waals surface area contributed by atoms with E-state index in [1.165, 1.54) is 0 Å². The Bertz CT molecular complexity index is 2020. The van der Waals surface area contributed by atoms with Crippen LogP contribution < -0.4 is 20.1 Å². The van der Waals surface area contributed by atoms with Crippen molar-refractivity contribution in [2.45, 2.75) is 64.6 Å². The molecule has 0 bridgehead atoms. The monoisotopic (exact) mass is 1010 g/mol. The summed E-state index contributed by atoms with van der Waals surface area (Å²) in [7, 11) is 0. The van der Waals surface area contributed by atoms with Gasteiger partial charge in [-0.2, -0.15) is 26.3 Å². The number of rotatable bonds is 17. The fourth-order valence-electron chi connectivity index (χ4n) is 5.06. The number of aliphatic hydroxyl groups excluding tert-OH is 2. The van der Waals surface area contributed by atoms with Gasteiger partial charge in [0, 0.05) is 13.1 Å². The summed E-state index contributed by atoms with van der Waals surface area (Å²) in [4.78, 5) is 40.1. The highest BCUT2D eigenvalue weighted by Crippen LogP contribution is 2.33. The topological polar surface area (TPSA) is 232 Å². The second-order valence-electron chi connectivity index (χ2n) is 12.8. The fourth-order valence-corrected chi connectivity index (χ4v) is 6.14. The molecule has 0 amide bonds. The highest BCUT2D eigenvalue weighted by molar-refractivity contribution is 9.11. The van der Waals surface area contributed by atoms with Crippen LogP contribution in [0.2, 0.25) is 0 Å². The second kappa shape index (κ2) is 24.4. The first-order valence-corrected chi connectivity index (χ1v) is 19.2. The van der Waals surface area contributed by atoms with Crippen molar-refractivity contribution in [3.8, 4) is 22.6 Å². The Labute approximate surface area is 366 Å². The van der Waals surface area contributed by atoms with Gasteiger partial charge >= 0.3 is 36.2 Å². The molecule has 0 aliphatic carbocycles. The van der Waals surface area contributed by atoms with Crippen LogP contribution in [0.1, 0.15) is 33.4 Å². The van der Waals surface area contributed by atoms with Crippen molar-refractivity contribution < 1.29 is 85.6 Å². The number of alkyl halides is 6. The minimum Gasteiger partial charge on any atom is -0.488 e. The molecule has 2 unspecified atom stereocenters. The number of nitrogens with one attached hydrogen (secondary N) is 2. The number of carboxylic acid groups (broad SMARTS) is 4. The van der Waals surface area contributed by atoms with Gasteiger partial charge in [-0.05, 0) is 114 Å². The molecule has 4 aromatic rings. The quantitative estimate of drug-likeness (QED) is 0.0499. The molecule has 0 saturated heterocycles. The smallest absolute Gasteiger partial charge is 0.488 e. The SMILES string of the molecule is Cc1c(COc2ccc(CNC(CO)C(=O)O)cc2Br)cccc1-c1cccc(COc2ccc(CNC(CO)C(=O)O)cc2Br)c1C.O=C(O)C(F)(F)F.O=C(O)C(F)(F)F. The molecule has 0 aliphatic rings. The number of hydrogen-bond acceptors (Lipinski definition) is 10. The third-order valence-corrected chi connectivity index (χ3v) is 9.73. The van der Waals surface area contributed by atoms with Crippen LogP contribution in [0.4, 0.5) is 26.3 Å². The maximum Gasteiger partial charge on any atom is 0.490 e. The van der Waals surface area contributed by atoms with Gasteiger partial charge in [0.25, 0.3) is 0 Å². The number of ether oxygens (including phenoxy) is 2. The lowest BCUT2D eigenvalue weighted by atomic mass is 9.92. The van der Waals surface area contributed by atoms with Gasteiger partial charge in [0.15, 0.2) is 0 Å². The zero-order valence-corrected chi connectivity index (χ0v) is 35.7. The Morgan fingerprint density at radius 2 is 0.919 bits per heavy atom. The van der Waals surface area contributed by atoms with Crippen LogP contribution in [0, 0.1) is 13.8 Å². The summed E-state index contributed by atoms with van der Waals surface area (Å²) in [5, 5.41) is 56.6. The van der Waals surface area contributed by atoms with Gasteiger partial charge in [0.2, 0.25) is 0 Å². The van der Waals surface area contributed by atoms with Gasteiger partial charge in [0.05, 0.1) is 22.2 Å². The van der Waals surface area contributed by atoms with Crippen molar-refractivity contribution in [2.24, 2.45) is 0 Å². The number of carbonyl (C=O) groups is 4. The van der Waals surface area contributed by atoms with Gasteiger partial charge in [-0.25, -0.2) is 9.59 Å². The van der Waals surface area contributed by atoms with E-state index in [1.54, 1.807) is 0 Å². The lowest BCUT2D eigenvalue weighted by Crippen LogP contribution is -2.39. The predicted molar refractivity (Wildman–Crippen MR) is 216 cm³/mol. The maximum absolute atomic E-state index is 11.1. The number of hydrogen-bond donors (Lipinski definition) is 8. The highest BCUT2D eigenvalue weighted by atomic mass is 79.9. The molecule has 0 heterocycles. The lowest BCUT2D eigenvalue weighted by Gasteiger charge is -2.18. The van der Waals surface area contributed by atoms with E-state index >= 15 is 0 Å². The molecular weight excluding hydrogens is 974 g/mol. The van der Waals surface area contributed by atoms with Gasteiger partial charge in [-0.1, -0.05) is 48.5 Å². The molecule has 338 valence electrons. The van der Waals surface area contributed by atoms with Crippen LogP contribution >= 0.6 is 31.9 Å². The summed E-state index contributed by atoms with van der Waals surface area (Å²) in [6, 6.07) is 21.3.